The summed E-state index contributed by atoms with van der Waals surface area (Å²) in [5, 5.41) is 40.1. The monoisotopic (exact) mass is 610 g/mol. The molecule has 3 fully saturated rings. The van der Waals surface area contributed by atoms with Gasteiger partial charge in [0.25, 0.3) is 5.60 Å². The normalized spacial score (nSPS) is 33.4. The Kier molecular flexibility index (Phi) is 10.5. The maximum Gasteiger partial charge on any atom is 0.429 e. The van der Waals surface area contributed by atoms with Gasteiger partial charge in [-0.2, -0.15) is 26.3 Å². The van der Waals surface area contributed by atoms with Crippen molar-refractivity contribution in [1.82, 2.24) is 0 Å². The van der Waals surface area contributed by atoms with Gasteiger partial charge in [-0.15, -0.1) is 0 Å². The number of halogens is 6. The van der Waals surface area contributed by atoms with E-state index in [9.17, 15) is 46.8 Å². The maximum absolute atomic E-state index is 13.3. The number of hydrogen-bond donors (Lipinski definition) is 4. The Balaban J connectivity index is 1.91. The molecule has 0 saturated heterocycles. The lowest BCUT2D eigenvalue weighted by Crippen LogP contribution is -2.55. The van der Waals surface area contributed by atoms with Crippen molar-refractivity contribution in [2.24, 2.45) is 22.7 Å². The molecule has 6 atom stereocenters. The minimum absolute atomic E-state index is 0.000925. The molecule has 0 radical (unpaired) electrons. The Hall–Kier alpha value is -1.36. The highest BCUT2D eigenvalue weighted by Gasteiger charge is 2.69. The zero-order valence-corrected chi connectivity index (χ0v) is 25.2. The fourth-order valence-corrected chi connectivity index (χ4v) is 8.11. The van der Waals surface area contributed by atoms with Crippen LogP contribution in [0.5, 0.6) is 0 Å². The van der Waals surface area contributed by atoms with Gasteiger partial charge in [-0.05, 0) is 113 Å². The van der Waals surface area contributed by atoms with Crippen molar-refractivity contribution < 1.29 is 46.8 Å². The first-order chi connectivity index (χ1) is 19.1. The molecule has 0 bridgehead atoms. The lowest BCUT2D eigenvalue weighted by molar-refractivity contribution is -0.347. The summed E-state index contributed by atoms with van der Waals surface area (Å²) in [5.41, 5.74) is -4.53. The fraction of sp³-hybridized carbons (Fsp3) is 0.812. The van der Waals surface area contributed by atoms with Gasteiger partial charge in [-0.3, -0.25) is 0 Å². The molecule has 42 heavy (non-hydrogen) atoms. The second-order valence-electron chi connectivity index (χ2n) is 14.2. The van der Waals surface area contributed by atoms with E-state index in [1.807, 2.05) is 13.0 Å². The first kappa shape index (κ1) is 35.1. The molecule has 3 aliphatic carbocycles. The van der Waals surface area contributed by atoms with E-state index in [0.717, 1.165) is 43.8 Å². The van der Waals surface area contributed by atoms with Crippen LogP contribution in [-0.4, -0.2) is 56.2 Å². The summed E-state index contributed by atoms with van der Waals surface area (Å²) in [6.07, 6.45) is -1.06. The van der Waals surface area contributed by atoms with Crippen molar-refractivity contribution in [2.45, 2.75) is 141 Å². The van der Waals surface area contributed by atoms with E-state index in [-0.39, 0.29) is 29.7 Å². The summed E-state index contributed by atoms with van der Waals surface area (Å²) in [5.74, 6) is 0.201. The van der Waals surface area contributed by atoms with Crippen molar-refractivity contribution in [3.8, 4) is 0 Å². The summed E-state index contributed by atoms with van der Waals surface area (Å²) in [7, 11) is 0. The summed E-state index contributed by atoms with van der Waals surface area (Å²) >= 11 is 0. The Morgan fingerprint density at radius 3 is 2.02 bits per heavy atom. The third kappa shape index (κ3) is 7.83. The summed E-state index contributed by atoms with van der Waals surface area (Å²) in [6.45, 7) is 7.44. The van der Waals surface area contributed by atoms with Crippen LogP contribution in [0, 0.1) is 22.7 Å². The van der Waals surface area contributed by atoms with E-state index in [4.69, 9.17) is 0 Å². The molecule has 0 aliphatic heterocycles. The number of aliphatic hydroxyl groups excluding tert-OH is 2. The second kappa shape index (κ2) is 12.6. The van der Waals surface area contributed by atoms with Crippen LogP contribution in [0.4, 0.5) is 26.3 Å². The Bertz CT molecular complexity index is 997. The quantitative estimate of drug-likeness (QED) is 0.159. The van der Waals surface area contributed by atoms with Crippen LogP contribution in [0.2, 0.25) is 0 Å². The lowest BCUT2D eigenvalue weighted by Gasteiger charge is -2.49. The predicted molar refractivity (Wildman–Crippen MR) is 149 cm³/mol. The van der Waals surface area contributed by atoms with E-state index in [1.54, 1.807) is 13.8 Å². The molecule has 2 unspecified atom stereocenters. The summed E-state index contributed by atoms with van der Waals surface area (Å²) < 4.78 is 80.1. The molecule has 0 spiro atoms. The largest absolute Gasteiger partial charge is 0.429 e. The van der Waals surface area contributed by atoms with Gasteiger partial charge < -0.3 is 20.4 Å². The SMILES string of the molecule is CC(C)(O)CCC[C@@](C)(C/C=C\C(O)(C(F)(F)F)C(F)(F)F)[C@H]1CCC2/C(=C/C=C3CC(O)C[C@H](O)C3)CCC[C@@]21C. The zero-order chi connectivity index (χ0) is 31.8. The van der Waals surface area contributed by atoms with Crippen LogP contribution in [0.1, 0.15) is 105 Å². The number of aliphatic hydroxyl groups is 4. The Morgan fingerprint density at radius 1 is 0.881 bits per heavy atom. The van der Waals surface area contributed by atoms with Crippen LogP contribution >= 0.6 is 0 Å². The number of fused-ring (bicyclic) bond motifs is 1. The van der Waals surface area contributed by atoms with Gasteiger partial charge in [0, 0.05) is 0 Å². The Labute approximate surface area is 245 Å². The maximum atomic E-state index is 13.3. The molecule has 10 heteroatoms. The van der Waals surface area contributed by atoms with Crippen molar-refractivity contribution in [3.63, 3.8) is 0 Å². The molecule has 3 aliphatic rings. The molecule has 4 N–H and O–H groups in total. The molecule has 242 valence electrons. The van der Waals surface area contributed by atoms with Crippen molar-refractivity contribution >= 4 is 0 Å². The van der Waals surface area contributed by atoms with E-state index in [0.29, 0.717) is 38.5 Å². The predicted octanol–water partition coefficient (Wildman–Crippen LogP) is 7.71. The first-order valence-electron chi connectivity index (χ1n) is 15.1. The molecular weight excluding hydrogens is 562 g/mol. The fourth-order valence-electron chi connectivity index (χ4n) is 8.11. The summed E-state index contributed by atoms with van der Waals surface area (Å²) in [6, 6.07) is 0. The molecular formula is C32H48F6O4. The highest BCUT2D eigenvalue weighted by molar-refractivity contribution is 5.27. The summed E-state index contributed by atoms with van der Waals surface area (Å²) in [4.78, 5) is 0. The Morgan fingerprint density at radius 2 is 1.48 bits per heavy atom. The van der Waals surface area contributed by atoms with Gasteiger partial charge in [-0.1, -0.05) is 49.6 Å². The molecule has 0 aromatic rings. The number of allylic oxidation sites excluding steroid dienone is 4. The van der Waals surface area contributed by atoms with E-state index in [1.165, 1.54) is 5.57 Å². The minimum atomic E-state index is -5.91. The van der Waals surface area contributed by atoms with Gasteiger partial charge in [0.2, 0.25) is 0 Å². The minimum Gasteiger partial charge on any atom is -0.393 e. The highest BCUT2D eigenvalue weighted by Crippen LogP contribution is 2.64. The van der Waals surface area contributed by atoms with Crippen LogP contribution in [-0.2, 0) is 0 Å². The van der Waals surface area contributed by atoms with E-state index >= 15 is 0 Å². The molecule has 4 nitrogen and oxygen atoms in total. The zero-order valence-electron chi connectivity index (χ0n) is 25.2. The van der Waals surface area contributed by atoms with Gasteiger partial charge in [0.15, 0.2) is 0 Å². The van der Waals surface area contributed by atoms with Crippen LogP contribution in [0.25, 0.3) is 0 Å². The average molecular weight is 611 g/mol. The lowest BCUT2D eigenvalue weighted by atomic mass is 9.55. The average Bonchev–Trinajstić information content (AvgIpc) is 3.18. The molecule has 3 rings (SSSR count). The molecule has 0 aromatic carbocycles. The van der Waals surface area contributed by atoms with Gasteiger partial charge in [-0.25, -0.2) is 0 Å². The van der Waals surface area contributed by atoms with Gasteiger partial charge in [0.1, 0.15) is 0 Å². The number of rotatable bonds is 9. The van der Waals surface area contributed by atoms with Gasteiger partial charge >= 0.3 is 12.4 Å². The number of hydrogen-bond acceptors (Lipinski definition) is 4. The van der Waals surface area contributed by atoms with Gasteiger partial charge in [0.05, 0.1) is 17.8 Å². The topological polar surface area (TPSA) is 80.9 Å². The van der Waals surface area contributed by atoms with E-state index in [2.05, 4.69) is 13.0 Å². The van der Waals surface area contributed by atoms with Crippen molar-refractivity contribution in [3.05, 3.63) is 35.5 Å². The third-order valence-electron chi connectivity index (χ3n) is 10.2. The molecule has 0 aromatic heterocycles. The highest BCUT2D eigenvalue weighted by atomic mass is 19.4. The second-order valence-corrected chi connectivity index (χ2v) is 14.2. The molecule has 3 saturated carbocycles. The van der Waals surface area contributed by atoms with Crippen LogP contribution in [0.15, 0.2) is 35.5 Å². The first-order valence-corrected chi connectivity index (χ1v) is 15.1. The number of alkyl halides is 6. The van der Waals surface area contributed by atoms with Crippen LogP contribution in [0.3, 0.4) is 0 Å². The molecule has 0 amide bonds. The standard InChI is InChI=1S/C32H48F6O4/c1-27(2,41)13-6-14-28(3,15-7-17-30(42,31(33,34)35)32(36,37)38)26-12-11-25-22(8-5-16-29(25,26)4)10-9-21-18-23(39)20-24(40)19-21/h7,9-10,17,23-26,39-42H,5-6,8,11-16,18-20H2,1-4H3/b17-7-,21-9?,22-10+/t23-,24?,25?,26-,28+,29+/m1/s1. The molecule has 0 heterocycles. The van der Waals surface area contributed by atoms with Crippen molar-refractivity contribution in [1.29, 1.82) is 0 Å². The van der Waals surface area contributed by atoms with Crippen LogP contribution < -0.4 is 0 Å². The smallest absolute Gasteiger partial charge is 0.393 e. The third-order valence-corrected chi connectivity index (χ3v) is 10.2. The van der Waals surface area contributed by atoms with Crippen molar-refractivity contribution in [2.75, 3.05) is 0 Å². The van der Waals surface area contributed by atoms with E-state index < -0.39 is 41.2 Å².